The number of aryl methyl sites for hydroxylation is 1. The van der Waals surface area contributed by atoms with Gasteiger partial charge in [-0.15, -0.1) is 6.07 Å². The van der Waals surface area contributed by atoms with E-state index in [-0.39, 0.29) is 20.1 Å². The molecule has 4 nitrogen and oxygen atoms in total. The Bertz CT molecular complexity index is 605. The Kier molecular flexibility index (Phi) is 3.39. The molecule has 3 aromatic rings. The van der Waals surface area contributed by atoms with Crippen molar-refractivity contribution in [3.8, 4) is 10.6 Å². The fraction of sp³-hybridized carbons (Fsp3) is 0.111. The van der Waals surface area contributed by atoms with Crippen molar-refractivity contribution < 1.29 is 20.1 Å². The second-order valence-electron chi connectivity index (χ2n) is 2.95. The van der Waals surface area contributed by atoms with Crippen molar-refractivity contribution >= 4 is 33.2 Å². The van der Waals surface area contributed by atoms with Crippen molar-refractivity contribution in [2.75, 3.05) is 0 Å². The number of thiazole rings is 1. The minimum atomic E-state index is 0. The van der Waals surface area contributed by atoms with Crippen molar-refractivity contribution in [2.24, 2.45) is 0 Å². The predicted molar refractivity (Wildman–Crippen MR) is 59.9 cm³/mol. The SMILES string of the molecule is Cc1nc2cc(-c3ncns3)[c-]nc2s1.[Ir]. The maximum atomic E-state index is 4.38. The molecule has 0 unspecified atom stereocenters. The maximum Gasteiger partial charge on any atom is 0.118 e. The zero-order chi connectivity index (χ0) is 10.3. The standard InChI is InChI=1S/C9H5N4S2.Ir/c1-5-13-7-2-6(3-10-9(7)14-5)8-11-4-12-15-8;/h2,4H,1H3;/q-1;. The minimum Gasteiger partial charge on any atom is -0.340 e. The van der Waals surface area contributed by atoms with Gasteiger partial charge in [0.1, 0.15) is 6.33 Å². The molecule has 3 heterocycles. The summed E-state index contributed by atoms with van der Waals surface area (Å²) < 4.78 is 3.95. The average Bonchev–Trinajstić information content (AvgIpc) is 2.82. The third-order valence-corrected chi connectivity index (χ3v) is 3.47. The largest absolute Gasteiger partial charge is 0.340 e. The molecule has 0 saturated carbocycles. The number of pyridine rings is 1. The molecule has 0 spiro atoms. The molecule has 0 aliphatic heterocycles. The van der Waals surface area contributed by atoms with Gasteiger partial charge in [0, 0.05) is 25.6 Å². The zero-order valence-electron chi connectivity index (χ0n) is 8.09. The summed E-state index contributed by atoms with van der Waals surface area (Å²) in [5.41, 5.74) is 1.76. The van der Waals surface area contributed by atoms with Gasteiger partial charge in [-0.3, -0.25) is 9.97 Å². The fourth-order valence-electron chi connectivity index (χ4n) is 1.29. The number of rotatable bonds is 1. The Morgan fingerprint density at radius 2 is 2.25 bits per heavy atom. The van der Waals surface area contributed by atoms with E-state index in [4.69, 9.17) is 0 Å². The molecule has 0 N–H and O–H groups in total. The van der Waals surface area contributed by atoms with E-state index in [1.54, 1.807) is 11.3 Å². The van der Waals surface area contributed by atoms with E-state index >= 15 is 0 Å². The summed E-state index contributed by atoms with van der Waals surface area (Å²) in [6.07, 6.45) is 4.49. The van der Waals surface area contributed by atoms with E-state index in [0.717, 1.165) is 25.9 Å². The first kappa shape index (κ1) is 11.7. The van der Waals surface area contributed by atoms with E-state index < -0.39 is 0 Å². The first-order valence-electron chi connectivity index (χ1n) is 4.26. The van der Waals surface area contributed by atoms with Crippen LogP contribution in [0, 0.1) is 13.1 Å². The van der Waals surface area contributed by atoms with E-state index in [1.165, 1.54) is 17.9 Å². The molecule has 0 fully saturated rings. The first-order chi connectivity index (χ1) is 7.33. The summed E-state index contributed by atoms with van der Waals surface area (Å²) in [6, 6.07) is 1.95. The van der Waals surface area contributed by atoms with Crippen LogP contribution in [0.2, 0.25) is 0 Å². The van der Waals surface area contributed by atoms with Crippen LogP contribution in [0.1, 0.15) is 5.01 Å². The van der Waals surface area contributed by atoms with Crippen molar-refractivity contribution in [1.29, 1.82) is 0 Å². The van der Waals surface area contributed by atoms with Gasteiger partial charge in [-0.1, -0.05) is 17.1 Å². The molecule has 16 heavy (non-hydrogen) atoms. The van der Waals surface area contributed by atoms with Crippen LogP contribution in [0.25, 0.3) is 20.9 Å². The van der Waals surface area contributed by atoms with Crippen molar-refractivity contribution in [3.63, 3.8) is 0 Å². The Balaban J connectivity index is 0.000000963. The molecular formula is C9H5IrN4S2-. The summed E-state index contributed by atoms with van der Waals surface area (Å²) in [4.78, 5) is 13.6. The van der Waals surface area contributed by atoms with E-state index in [0.29, 0.717) is 0 Å². The second kappa shape index (κ2) is 4.63. The van der Waals surface area contributed by atoms with E-state index in [1.807, 2.05) is 13.0 Å². The van der Waals surface area contributed by atoms with Crippen LogP contribution in [0.5, 0.6) is 0 Å². The van der Waals surface area contributed by atoms with Gasteiger partial charge in [-0.2, -0.15) is 15.7 Å². The molecule has 0 aromatic carbocycles. The summed E-state index contributed by atoms with van der Waals surface area (Å²) in [6.45, 7) is 1.97. The molecule has 3 rings (SSSR count). The molecule has 3 aromatic heterocycles. The normalized spacial score (nSPS) is 10.3. The van der Waals surface area contributed by atoms with Crippen LogP contribution in [0.3, 0.4) is 0 Å². The predicted octanol–water partition coefficient (Wildman–Crippen LogP) is 2.32. The molecular weight excluding hydrogens is 420 g/mol. The average molecular weight is 426 g/mol. The van der Waals surface area contributed by atoms with Gasteiger partial charge in [0.25, 0.3) is 0 Å². The van der Waals surface area contributed by atoms with Crippen molar-refractivity contribution in [3.05, 3.63) is 23.6 Å². The molecule has 0 atom stereocenters. The molecule has 0 aliphatic carbocycles. The van der Waals surface area contributed by atoms with Gasteiger partial charge >= 0.3 is 0 Å². The monoisotopic (exact) mass is 426 g/mol. The topological polar surface area (TPSA) is 51.6 Å². The fourth-order valence-corrected chi connectivity index (χ4v) is 2.50. The van der Waals surface area contributed by atoms with Gasteiger partial charge in [0.2, 0.25) is 0 Å². The van der Waals surface area contributed by atoms with Crippen LogP contribution in [-0.2, 0) is 20.1 Å². The summed E-state index contributed by atoms with van der Waals surface area (Å²) >= 11 is 2.91. The Morgan fingerprint density at radius 3 is 3.00 bits per heavy atom. The second-order valence-corrected chi connectivity index (χ2v) is 4.91. The summed E-state index contributed by atoms with van der Waals surface area (Å²) in [5, 5.41) is 1.84. The van der Waals surface area contributed by atoms with Gasteiger partial charge < -0.3 is 4.98 Å². The van der Waals surface area contributed by atoms with Crippen LogP contribution < -0.4 is 0 Å². The third-order valence-electron chi connectivity index (χ3n) is 1.89. The maximum absolute atomic E-state index is 4.38. The number of aromatic nitrogens is 4. The quantitative estimate of drug-likeness (QED) is 0.562. The molecule has 1 radical (unpaired) electrons. The molecule has 7 heteroatoms. The van der Waals surface area contributed by atoms with Crippen LogP contribution >= 0.6 is 22.9 Å². The number of nitrogens with zero attached hydrogens (tertiary/aromatic N) is 4. The van der Waals surface area contributed by atoms with Crippen molar-refractivity contribution in [2.45, 2.75) is 6.92 Å². The Morgan fingerprint density at radius 1 is 1.38 bits per heavy atom. The zero-order valence-corrected chi connectivity index (χ0v) is 12.1. The van der Waals surface area contributed by atoms with Crippen LogP contribution in [-0.4, -0.2) is 19.3 Å². The number of fused-ring (bicyclic) bond motifs is 1. The smallest absolute Gasteiger partial charge is 0.118 e. The molecule has 0 aliphatic rings. The molecule has 83 valence electrons. The number of hydrogen-bond donors (Lipinski definition) is 0. The van der Waals surface area contributed by atoms with Crippen LogP contribution in [0.15, 0.2) is 12.4 Å². The minimum absolute atomic E-state index is 0. The van der Waals surface area contributed by atoms with Gasteiger partial charge in [-0.05, 0) is 13.1 Å². The molecule has 0 amide bonds. The first-order valence-corrected chi connectivity index (χ1v) is 5.85. The summed E-state index contributed by atoms with van der Waals surface area (Å²) in [7, 11) is 0. The summed E-state index contributed by atoms with van der Waals surface area (Å²) in [5.74, 6) is 0. The van der Waals surface area contributed by atoms with E-state index in [2.05, 4.69) is 25.5 Å². The van der Waals surface area contributed by atoms with Crippen molar-refractivity contribution in [1.82, 2.24) is 19.3 Å². The molecule has 0 saturated heterocycles. The Hall–Kier alpha value is -0.751. The van der Waals surface area contributed by atoms with Gasteiger partial charge in [0.05, 0.1) is 14.8 Å². The third kappa shape index (κ3) is 2.04. The van der Waals surface area contributed by atoms with Crippen LogP contribution in [0.4, 0.5) is 0 Å². The van der Waals surface area contributed by atoms with Gasteiger partial charge in [-0.25, -0.2) is 0 Å². The molecule has 0 bridgehead atoms. The van der Waals surface area contributed by atoms with Gasteiger partial charge in [0.15, 0.2) is 0 Å². The Labute approximate surface area is 113 Å². The number of hydrogen-bond acceptors (Lipinski definition) is 6. The van der Waals surface area contributed by atoms with E-state index in [9.17, 15) is 0 Å².